The fraction of sp³-hybridized carbons (Fsp3) is 0.500. The molecule has 4 nitrogen and oxygen atoms in total. The predicted molar refractivity (Wildman–Crippen MR) is 71.3 cm³/mol. The molecular weight excluding hydrogens is 236 g/mol. The Balaban J connectivity index is 2.49. The summed E-state index contributed by atoms with van der Waals surface area (Å²) in [6, 6.07) is 3.57. The van der Waals surface area contributed by atoms with Gasteiger partial charge in [-0.1, -0.05) is 12.2 Å². The van der Waals surface area contributed by atoms with Gasteiger partial charge in [0.05, 0.1) is 12.2 Å². The average molecular weight is 254 g/mol. The maximum atomic E-state index is 5.55. The first-order valence-corrected chi connectivity index (χ1v) is 5.82. The third kappa shape index (κ3) is 5.10. The quantitative estimate of drug-likeness (QED) is 0.642. The van der Waals surface area contributed by atoms with Crippen LogP contribution in [-0.2, 0) is 4.74 Å². The molecule has 0 amide bonds. The second kappa shape index (κ2) is 5.93. The van der Waals surface area contributed by atoms with E-state index in [1.807, 2.05) is 20.8 Å². The highest BCUT2D eigenvalue weighted by Crippen LogP contribution is 2.15. The second-order valence-electron chi connectivity index (χ2n) is 4.52. The van der Waals surface area contributed by atoms with Crippen molar-refractivity contribution < 1.29 is 9.47 Å². The van der Waals surface area contributed by atoms with E-state index in [0.717, 1.165) is 0 Å². The molecule has 0 saturated heterocycles. The molecule has 94 valence electrons. The maximum absolute atomic E-state index is 5.55. The minimum absolute atomic E-state index is 0.162. The zero-order valence-corrected chi connectivity index (χ0v) is 11.2. The van der Waals surface area contributed by atoms with Crippen LogP contribution in [0.5, 0.6) is 5.75 Å². The predicted octanol–water partition coefficient (Wildman–Crippen LogP) is 1.91. The number of aromatic nitrogens is 1. The number of pyridine rings is 1. The second-order valence-corrected chi connectivity index (χ2v) is 4.96. The van der Waals surface area contributed by atoms with Crippen LogP contribution in [0.2, 0.25) is 0 Å². The molecule has 17 heavy (non-hydrogen) atoms. The largest absolute Gasteiger partial charge is 0.489 e. The van der Waals surface area contributed by atoms with Gasteiger partial charge in [0.15, 0.2) is 0 Å². The number of nitrogens with two attached hydrogens (primary N) is 1. The number of ether oxygens (including phenoxy) is 2. The summed E-state index contributed by atoms with van der Waals surface area (Å²) in [6.07, 6.45) is 1.63. The lowest BCUT2D eigenvalue weighted by atomic mass is 10.2. The van der Waals surface area contributed by atoms with Crippen LogP contribution in [0.3, 0.4) is 0 Å². The van der Waals surface area contributed by atoms with Crippen molar-refractivity contribution in [3.63, 3.8) is 0 Å². The number of thiocarbonyl (C=S) groups is 1. The van der Waals surface area contributed by atoms with E-state index in [0.29, 0.717) is 24.7 Å². The average Bonchev–Trinajstić information content (AvgIpc) is 2.23. The van der Waals surface area contributed by atoms with Crippen molar-refractivity contribution in [1.82, 2.24) is 4.98 Å². The summed E-state index contributed by atoms with van der Waals surface area (Å²) in [5, 5.41) is 0. The van der Waals surface area contributed by atoms with Crippen LogP contribution in [0, 0.1) is 0 Å². The van der Waals surface area contributed by atoms with Crippen LogP contribution >= 0.6 is 12.2 Å². The van der Waals surface area contributed by atoms with Crippen LogP contribution in [-0.4, -0.2) is 28.8 Å². The molecule has 1 aromatic heterocycles. The van der Waals surface area contributed by atoms with Gasteiger partial charge in [-0.25, -0.2) is 4.98 Å². The normalized spacial score (nSPS) is 11.2. The Hall–Kier alpha value is -1.20. The maximum Gasteiger partial charge on any atom is 0.148 e. The molecule has 0 spiro atoms. The number of hydrogen-bond donors (Lipinski definition) is 1. The Bertz CT molecular complexity index is 388. The summed E-state index contributed by atoms with van der Waals surface area (Å²) >= 11 is 4.89. The van der Waals surface area contributed by atoms with Crippen LogP contribution in [0.1, 0.15) is 26.5 Å². The topological polar surface area (TPSA) is 57.4 Å². The van der Waals surface area contributed by atoms with Crippen molar-refractivity contribution in [2.45, 2.75) is 26.4 Å². The van der Waals surface area contributed by atoms with E-state index in [1.165, 1.54) is 0 Å². The molecule has 1 heterocycles. The Labute approximate surface area is 107 Å². The number of hydrogen-bond acceptors (Lipinski definition) is 4. The molecule has 2 N–H and O–H groups in total. The highest BCUT2D eigenvalue weighted by molar-refractivity contribution is 7.80. The smallest absolute Gasteiger partial charge is 0.148 e. The van der Waals surface area contributed by atoms with Gasteiger partial charge in [-0.2, -0.15) is 0 Å². The molecule has 0 aromatic carbocycles. The molecule has 0 atom stereocenters. The standard InChI is InChI=1S/C12H18N2O2S/c1-12(2,3)16-8-7-15-9-5-4-6-14-10(9)11(13)17/h4-6H,7-8H2,1-3H3,(H2,13,17). The fourth-order valence-corrected chi connectivity index (χ4v) is 1.34. The van der Waals surface area contributed by atoms with Gasteiger partial charge in [0.25, 0.3) is 0 Å². The molecule has 0 aliphatic rings. The highest BCUT2D eigenvalue weighted by Gasteiger charge is 2.10. The van der Waals surface area contributed by atoms with E-state index in [9.17, 15) is 0 Å². The van der Waals surface area contributed by atoms with Crippen LogP contribution in [0.4, 0.5) is 0 Å². The summed E-state index contributed by atoms with van der Waals surface area (Å²) in [4.78, 5) is 4.31. The highest BCUT2D eigenvalue weighted by atomic mass is 32.1. The van der Waals surface area contributed by atoms with Gasteiger partial charge in [-0.05, 0) is 32.9 Å². The lowest BCUT2D eigenvalue weighted by Gasteiger charge is -2.19. The van der Waals surface area contributed by atoms with Crippen molar-refractivity contribution in [1.29, 1.82) is 0 Å². The summed E-state index contributed by atoms with van der Waals surface area (Å²) < 4.78 is 11.1. The lowest BCUT2D eigenvalue weighted by molar-refractivity contribution is -0.0163. The molecule has 1 aromatic rings. The lowest BCUT2D eigenvalue weighted by Crippen LogP contribution is -2.23. The van der Waals surface area contributed by atoms with E-state index in [2.05, 4.69) is 4.98 Å². The van der Waals surface area contributed by atoms with Gasteiger partial charge in [0.1, 0.15) is 23.0 Å². The van der Waals surface area contributed by atoms with Gasteiger partial charge < -0.3 is 15.2 Å². The number of rotatable bonds is 5. The van der Waals surface area contributed by atoms with Gasteiger partial charge in [-0.3, -0.25) is 0 Å². The fourth-order valence-electron chi connectivity index (χ4n) is 1.19. The van der Waals surface area contributed by atoms with Gasteiger partial charge >= 0.3 is 0 Å². The molecule has 0 aliphatic carbocycles. The van der Waals surface area contributed by atoms with Crippen molar-refractivity contribution in [2.75, 3.05) is 13.2 Å². The molecule has 0 radical (unpaired) electrons. The molecule has 1 rings (SSSR count). The molecule has 0 unspecified atom stereocenters. The van der Waals surface area contributed by atoms with Gasteiger partial charge in [0, 0.05) is 6.20 Å². The molecule has 0 saturated carbocycles. The molecule has 5 heteroatoms. The van der Waals surface area contributed by atoms with Crippen LogP contribution in [0.25, 0.3) is 0 Å². The molecular formula is C12H18N2O2S. The summed E-state index contributed by atoms with van der Waals surface area (Å²) in [5.74, 6) is 0.595. The van der Waals surface area contributed by atoms with E-state index in [1.54, 1.807) is 18.3 Å². The first-order valence-electron chi connectivity index (χ1n) is 5.42. The van der Waals surface area contributed by atoms with Crippen molar-refractivity contribution in [3.05, 3.63) is 24.0 Å². The van der Waals surface area contributed by atoms with E-state index in [4.69, 9.17) is 27.4 Å². The Morgan fingerprint density at radius 3 is 2.71 bits per heavy atom. The van der Waals surface area contributed by atoms with Crippen molar-refractivity contribution in [2.24, 2.45) is 5.73 Å². The molecule has 0 fully saturated rings. The zero-order chi connectivity index (χ0) is 12.9. The monoisotopic (exact) mass is 254 g/mol. The zero-order valence-electron chi connectivity index (χ0n) is 10.4. The summed E-state index contributed by atoms with van der Waals surface area (Å²) in [7, 11) is 0. The van der Waals surface area contributed by atoms with Gasteiger partial charge in [0.2, 0.25) is 0 Å². The van der Waals surface area contributed by atoms with Crippen LogP contribution in [0.15, 0.2) is 18.3 Å². The summed E-state index contributed by atoms with van der Waals surface area (Å²) in [5.41, 5.74) is 5.90. The minimum atomic E-state index is -0.162. The van der Waals surface area contributed by atoms with Crippen molar-refractivity contribution >= 4 is 17.2 Å². The van der Waals surface area contributed by atoms with E-state index in [-0.39, 0.29) is 10.6 Å². The van der Waals surface area contributed by atoms with Gasteiger partial charge in [-0.15, -0.1) is 0 Å². The molecule has 0 bridgehead atoms. The van der Waals surface area contributed by atoms with E-state index >= 15 is 0 Å². The Morgan fingerprint density at radius 2 is 2.12 bits per heavy atom. The Morgan fingerprint density at radius 1 is 1.41 bits per heavy atom. The number of nitrogens with zero attached hydrogens (tertiary/aromatic N) is 1. The first-order chi connectivity index (χ1) is 7.90. The van der Waals surface area contributed by atoms with E-state index < -0.39 is 0 Å². The van der Waals surface area contributed by atoms with Crippen LogP contribution < -0.4 is 10.5 Å². The minimum Gasteiger partial charge on any atom is -0.489 e. The van der Waals surface area contributed by atoms with Crippen molar-refractivity contribution in [3.8, 4) is 5.75 Å². The molecule has 0 aliphatic heterocycles. The summed E-state index contributed by atoms with van der Waals surface area (Å²) in [6.45, 7) is 6.94. The first kappa shape index (κ1) is 13.9. The SMILES string of the molecule is CC(C)(C)OCCOc1cccnc1C(N)=S. The Kier molecular flexibility index (Phi) is 4.84. The third-order valence-electron chi connectivity index (χ3n) is 1.88. The third-order valence-corrected chi connectivity index (χ3v) is 2.07.